The third kappa shape index (κ3) is 7.26. The summed E-state index contributed by atoms with van der Waals surface area (Å²) in [6, 6.07) is 5.36. The van der Waals surface area contributed by atoms with Crippen LogP contribution in [0.4, 0.5) is 0 Å². The van der Waals surface area contributed by atoms with Gasteiger partial charge in [-0.2, -0.15) is 0 Å². The Bertz CT molecular complexity index is 1470. The highest BCUT2D eigenvalue weighted by Crippen LogP contribution is 2.44. The van der Waals surface area contributed by atoms with Crippen LogP contribution in [-0.2, 0) is 38.8 Å². The zero-order chi connectivity index (χ0) is 33.0. The number of fused-ring (bicyclic) bond motifs is 2. The molecule has 0 spiro atoms. The second-order valence-electron chi connectivity index (χ2n) is 11.8. The van der Waals surface area contributed by atoms with E-state index in [-0.39, 0.29) is 30.7 Å². The number of carboxylic acid groups (broad SMARTS) is 2. The Hall–Kier alpha value is -4.48. The van der Waals surface area contributed by atoms with Crippen LogP contribution >= 0.6 is 0 Å². The lowest BCUT2D eigenvalue weighted by molar-refractivity contribution is -0.146. The Morgan fingerprint density at radius 2 is 1.33 bits per heavy atom. The number of carbonyl (C=O) groups is 4. The molecular formula is C33H42N2O10. The first-order valence-electron chi connectivity index (χ1n) is 15.0. The van der Waals surface area contributed by atoms with Gasteiger partial charge in [-0.05, 0) is 54.3 Å². The van der Waals surface area contributed by atoms with E-state index in [1.807, 2.05) is 32.0 Å². The van der Waals surface area contributed by atoms with Gasteiger partial charge in [-0.25, -0.2) is 0 Å². The smallest absolute Gasteiger partial charge is 0.306 e. The summed E-state index contributed by atoms with van der Waals surface area (Å²) in [5.41, 5.74) is 4.66. The van der Waals surface area contributed by atoms with E-state index in [4.69, 9.17) is 24.1 Å². The van der Waals surface area contributed by atoms with E-state index >= 15 is 0 Å². The number of aliphatic carboxylic acids is 2. The van der Waals surface area contributed by atoms with Crippen molar-refractivity contribution in [2.75, 3.05) is 27.4 Å². The molecule has 4 rings (SSSR count). The summed E-state index contributed by atoms with van der Waals surface area (Å²) in [4.78, 5) is 51.3. The molecule has 2 N–H and O–H groups in total. The molecule has 2 unspecified atom stereocenters. The van der Waals surface area contributed by atoms with E-state index in [1.165, 1.54) is 13.8 Å². The number of benzene rings is 2. The van der Waals surface area contributed by atoms with Crippen molar-refractivity contribution in [3.63, 3.8) is 0 Å². The van der Waals surface area contributed by atoms with E-state index in [1.54, 1.807) is 24.0 Å². The first-order valence-corrected chi connectivity index (χ1v) is 15.0. The SMILES string of the molecule is COc1cc2c(cc1OCCCOc1c(OC)cc3c(c1C)C(C)N(C(=O)CC(C)C(=O)O)C3)CN(C(=O)C[C@H](C)C(=O)O)C2. The van der Waals surface area contributed by atoms with E-state index in [0.29, 0.717) is 62.3 Å². The van der Waals surface area contributed by atoms with Crippen LogP contribution in [0, 0.1) is 18.8 Å². The van der Waals surface area contributed by atoms with Gasteiger partial charge in [0.15, 0.2) is 23.0 Å². The summed E-state index contributed by atoms with van der Waals surface area (Å²) in [5.74, 6) is -1.68. The van der Waals surface area contributed by atoms with Crippen molar-refractivity contribution >= 4 is 23.8 Å². The van der Waals surface area contributed by atoms with Crippen molar-refractivity contribution in [1.29, 1.82) is 0 Å². The fourth-order valence-electron chi connectivity index (χ4n) is 5.89. The number of methoxy groups -OCH3 is 2. The van der Waals surface area contributed by atoms with Crippen LogP contribution in [0.3, 0.4) is 0 Å². The van der Waals surface area contributed by atoms with Crippen molar-refractivity contribution < 1.29 is 48.3 Å². The highest BCUT2D eigenvalue weighted by Gasteiger charge is 2.35. The highest BCUT2D eigenvalue weighted by molar-refractivity contribution is 5.83. The summed E-state index contributed by atoms with van der Waals surface area (Å²) in [6.07, 6.45) is 0.426. The molecule has 2 aliphatic rings. The lowest BCUT2D eigenvalue weighted by Gasteiger charge is -2.24. The molecule has 2 aliphatic heterocycles. The number of rotatable bonds is 14. The number of nitrogens with zero attached hydrogens (tertiary/aromatic N) is 2. The topological polar surface area (TPSA) is 152 Å². The number of amides is 2. The maximum absolute atomic E-state index is 12.9. The Balaban J connectivity index is 1.36. The molecule has 3 atom stereocenters. The molecule has 2 amide bonds. The van der Waals surface area contributed by atoms with E-state index in [0.717, 1.165) is 27.8 Å². The number of carboxylic acids is 2. The van der Waals surface area contributed by atoms with Gasteiger partial charge in [0, 0.05) is 44.5 Å². The minimum absolute atomic E-state index is 0.0559. The lowest BCUT2D eigenvalue weighted by atomic mass is 9.98. The van der Waals surface area contributed by atoms with Crippen LogP contribution < -0.4 is 18.9 Å². The third-order valence-corrected chi connectivity index (χ3v) is 8.54. The summed E-state index contributed by atoms with van der Waals surface area (Å²) >= 11 is 0. The van der Waals surface area contributed by atoms with Crippen molar-refractivity contribution in [2.45, 2.75) is 72.6 Å². The average Bonchev–Trinajstić information content (AvgIpc) is 3.57. The van der Waals surface area contributed by atoms with E-state index in [9.17, 15) is 24.3 Å². The first kappa shape index (κ1) is 33.4. The lowest BCUT2D eigenvalue weighted by Crippen LogP contribution is -2.31. The fourth-order valence-corrected chi connectivity index (χ4v) is 5.89. The minimum atomic E-state index is -0.998. The minimum Gasteiger partial charge on any atom is -0.493 e. The summed E-state index contributed by atoms with van der Waals surface area (Å²) in [5, 5.41) is 18.4. The van der Waals surface area contributed by atoms with Crippen LogP contribution in [0.5, 0.6) is 23.0 Å². The molecule has 2 aromatic carbocycles. The average molecular weight is 627 g/mol. The Labute approximate surface area is 262 Å². The molecule has 0 radical (unpaired) electrons. The maximum Gasteiger partial charge on any atom is 0.306 e. The van der Waals surface area contributed by atoms with Crippen LogP contribution in [0.2, 0.25) is 0 Å². The molecular weight excluding hydrogens is 584 g/mol. The van der Waals surface area contributed by atoms with Crippen LogP contribution in [0.25, 0.3) is 0 Å². The molecule has 0 aromatic heterocycles. The molecule has 12 nitrogen and oxygen atoms in total. The second kappa shape index (κ2) is 14.1. The quantitative estimate of drug-likeness (QED) is 0.290. The molecule has 0 fully saturated rings. The molecule has 0 bridgehead atoms. The molecule has 2 aromatic rings. The van der Waals surface area contributed by atoms with Gasteiger partial charge in [-0.3, -0.25) is 19.2 Å². The normalized spacial score (nSPS) is 16.4. The van der Waals surface area contributed by atoms with Crippen molar-refractivity contribution in [3.05, 3.63) is 46.0 Å². The van der Waals surface area contributed by atoms with Gasteiger partial charge in [0.05, 0.1) is 45.3 Å². The molecule has 12 heteroatoms. The van der Waals surface area contributed by atoms with E-state index < -0.39 is 23.8 Å². The first-order chi connectivity index (χ1) is 21.4. The predicted molar refractivity (Wildman–Crippen MR) is 162 cm³/mol. The summed E-state index contributed by atoms with van der Waals surface area (Å²) in [6.45, 7) is 8.73. The largest absolute Gasteiger partial charge is 0.493 e. The summed E-state index contributed by atoms with van der Waals surface area (Å²) in [7, 11) is 3.12. The standard InChI is InChI=1S/C33H42N2O10/c1-18(32(38)39)10-28(36)34-15-22-12-25(42-5)26(13-23(22)16-34)44-8-7-9-45-31-20(3)30-21(4)35(17-24(30)14-27(31)43-6)29(37)11-19(2)33(40)41/h12-14,18-19,21H,7-11,15-17H2,1-6H3,(H,38,39)(H,40,41)/t18-,19?,21?/m0/s1. The van der Waals surface area contributed by atoms with Gasteiger partial charge in [-0.15, -0.1) is 0 Å². The van der Waals surface area contributed by atoms with Crippen LogP contribution in [0.1, 0.15) is 73.9 Å². The molecule has 0 aliphatic carbocycles. The predicted octanol–water partition coefficient (Wildman–Crippen LogP) is 4.33. The van der Waals surface area contributed by atoms with Crippen molar-refractivity contribution in [1.82, 2.24) is 9.80 Å². The molecule has 244 valence electrons. The van der Waals surface area contributed by atoms with Crippen molar-refractivity contribution in [2.24, 2.45) is 11.8 Å². The zero-order valence-electron chi connectivity index (χ0n) is 26.7. The molecule has 2 heterocycles. The number of hydrogen-bond donors (Lipinski definition) is 2. The Morgan fingerprint density at radius 3 is 1.91 bits per heavy atom. The Kier molecular flexibility index (Phi) is 10.5. The number of carbonyl (C=O) groups excluding carboxylic acids is 2. The highest BCUT2D eigenvalue weighted by atomic mass is 16.5. The number of ether oxygens (including phenoxy) is 4. The fraction of sp³-hybridized carbons (Fsp3) is 0.515. The van der Waals surface area contributed by atoms with Crippen LogP contribution in [-0.4, -0.2) is 71.2 Å². The van der Waals surface area contributed by atoms with Gasteiger partial charge in [0.1, 0.15) is 0 Å². The van der Waals surface area contributed by atoms with Crippen molar-refractivity contribution in [3.8, 4) is 23.0 Å². The molecule has 45 heavy (non-hydrogen) atoms. The van der Waals surface area contributed by atoms with Gasteiger partial charge in [-0.1, -0.05) is 13.8 Å². The molecule has 0 saturated carbocycles. The maximum atomic E-state index is 12.9. The molecule has 0 saturated heterocycles. The number of hydrogen-bond acceptors (Lipinski definition) is 8. The Morgan fingerprint density at radius 1 is 0.800 bits per heavy atom. The van der Waals surface area contributed by atoms with Gasteiger partial charge >= 0.3 is 11.9 Å². The zero-order valence-corrected chi connectivity index (χ0v) is 26.7. The summed E-state index contributed by atoms with van der Waals surface area (Å²) < 4.78 is 23.4. The van der Waals surface area contributed by atoms with Gasteiger partial charge < -0.3 is 39.0 Å². The monoisotopic (exact) mass is 626 g/mol. The van der Waals surface area contributed by atoms with Crippen LogP contribution in [0.15, 0.2) is 18.2 Å². The van der Waals surface area contributed by atoms with E-state index in [2.05, 4.69) is 0 Å². The van der Waals surface area contributed by atoms with Gasteiger partial charge in [0.25, 0.3) is 0 Å². The second-order valence-corrected chi connectivity index (χ2v) is 11.8. The van der Waals surface area contributed by atoms with Gasteiger partial charge in [0.2, 0.25) is 11.8 Å². The third-order valence-electron chi connectivity index (χ3n) is 8.54.